The van der Waals surface area contributed by atoms with E-state index in [9.17, 15) is 9.90 Å². The van der Waals surface area contributed by atoms with E-state index in [1.54, 1.807) is 4.57 Å². The van der Waals surface area contributed by atoms with Crippen molar-refractivity contribution in [3.8, 4) is 0 Å². The molecule has 2 aromatic carbocycles. The van der Waals surface area contributed by atoms with Crippen LogP contribution in [0.25, 0.3) is 11.1 Å². The summed E-state index contributed by atoms with van der Waals surface area (Å²) in [5.41, 5.74) is 2.68. The van der Waals surface area contributed by atoms with Crippen molar-refractivity contribution in [1.29, 1.82) is 0 Å². The lowest BCUT2D eigenvalue weighted by Gasteiger charge is -2.33. The normalized spacial score (nSPS) is 12.9. The van der Waals surface area contributed by atoms with Crippen molar-refractivity contribution in [1.82, 2.24) is 9.47 Å². The summed E-state index contributed by atoms with van der Waals surface area (Å²) in [6.45, 7) is 6.56. The molecule has 0 spiro atoms. The van der Waals surface area contributed by atoms with Crippen LogP contribution in [0.3, 0.4) is 0 Å². The molecule has 0 radical (unpaired) electrons. The molecule has 0 bridgehead atoms. The van der Waals surface area contributed by atoms with Crippen molar-refractivity contribution < 1.29 is 9.52 Å². The highest BCUT2D eigenvalue weighted by Gasteiger charge is 2.21. The summed E-state index contributed by atoms with van der Waals surface area (Å²) in [5.74, 6) is 0.0320. The zero-order valence-electron chi connectivity index (χ0n) is 16.0. The second-order valence-electron chi connectivity index (χ2n) is 7.29. The van der Waals surface area contributed by atoms with Crippen molar-refractivity contribution in [3.05, 3.63) is 70.7 Å². The van der Waals surface area contributed by atoms with E-state index in [-0.39, 0.29) is 18.4 Å². The number of aromatic nitrogens is 1. The molecule has 144 valence electrons. The first-order valence-corrected chi connectivity index (χ1v) is 9.57. The zero-order chi connectivity index (χ0) is 19.2. The standard InChI is InChI=1S/C22H28N2O3/c1-17(2)20(16-25)23(15-18-9-4-3-5-10-18)13-8-14-24-19-11-6-7-12-21(19)27-22(24)26/h3-7,9-12,17,20,25H,8,13-16H2,1-2H3. The van der Waals surface area contributed by atoms with Crippen LogP contribution in [0, 0.1) is 5.92 Å². The van der Waals surface area contributed by atoms with Gasteiger partial charge in [-0.1, -0.05) is 56.3 Å². The molecule has 1 N–H and O–H groups in total. The minimum absolute atomic E-state index is 0.0861. The topological polar surface area (TPSA) is 58.6 Å². The largest absolute Gasteiger partial charge is 0.419 e. The SMILES string of the molecule is CC(C)C(CO)N(CCCn1c(=O)oc2ccccc21)Cc1ccccc1. The number of rotatable bonds is 9. The van der Waals surface area contributed by atoms with E-state index in [4.69, 9.17) is 4.42 Å². The molecule has 3 rings (SSSR count). The fraction of sp³-hybridized carbons (Fsp3) is 0.409. The lowest BCUT2D eigenvalue weighted by atomic mass is 10.0. The lowest BCUT2D eigenvalue weighted by Crippen LogP contribution is -2.42. The van der Waals surface area contributed by atoms with Crippen LogP contribution >= 0.6 is 0 Å². The van der Waals surface area contributed by atoms with Crippen molar-refractivity contribution in [2.24, 2.45) is 5.92 Å². The summed E-state index contributed by atoms with van der Waals surface area (Å²) in [7, 11) is 0. The average Bonchev–Trinajstić information content (AvgIpc) is 2.98. The van der Waals surface area contributed by atoms with Gasteiger partial charge in [-0.2, -0.15) is 0 Å². The summed E-state index contributed by atoms with van der Waals surface area (Å²) in [6, 6.07) is 17.9. The number of oxazole rings is 1. The van der Waals surface area contributed by atoms with Gasteiger partial charge in [-0.15, -0.1) is 0 Å². The average molecular weight is 368 g/mol. The number of aliphatic hydroxyl groups is 1. The Labute approximate surface area is 159 Å². The van der Waals surface area contributed by atoms with Crippen LogP contribution < -0.4 is 5.76 Å². The maximum atomic E-state index is 12.1. The van der Waals surface area contributed by atoms with Crippen LogP contribution in [0.15, 0.2) is 63.8 Å². The second kappa shape index (κ2) is 9.02. The molecule has 0 amide bonds. The third-order valence-electron chi connectivity index (χ3n) is 5.05. The quantitative estimate of drug-likeness (QED) is 0.628. The Morgan fingerprint density at radius 2 is 1.78 bits per heavy atom. The van der Waals surface area contributed by atoms with Gasteiger partial charge in [0.15, 0.2) is 5.58 Å². The molecule has 1 heterocycles. The Balaban J connectivity index is 1.72. The summed E-state index contributed by atoms with van der Waals surface area (Å²) in [4.78, 5) is 14.5. The second-order valence-corrected chi connectivity index (χ2v) is 7.29. The molecule has 0 saturated heterocycles. The monoisotopic (exact) mass is 368 g/mol. The molecule has 0 aliphatic heterocycles. The molecular weight excluding hydrogens is 340 g/mol. The molecular formula is C22H28N2O3. The molecule has 5 nitrogen and oxygen atoms in total. The van der Waals surface area contributed by atoms with Gasteiger partial charge < -0.3 is 9.52 Å². The minimum Gasteiger partial charge on any atom is -0.408 e. The molecule has 0 saturated carbocycles. The molecule has 0 aliphatic carbocycles. The predicted molar refractivity (Wildman–Crippen MR) is 108 cm³/mol. The van der Waals surface area contributed by atoms with Gasteiger partial charge >= 0.3 is 5.76 Å². The number of aliphatic hydroxyl groups excluding tert-OH is 1. The van der Waals surface area contributed by atoms with Gasteiger partial charge in [-0.05, 0) is 30.0 Å². The van der Waals surface area contributed by atoms with Crippen molar-refractivity contribution in [2.45, 2.75) is 39.4 Å². The van der Waals surface area contributed by atoms with Crippen LogP contribution in [0.4, 0.5) is 0 Å². The smallest absolute Gasteiger partial charge is 0.408 e. The first-order chi connectivity index (χ1) is 13.1. The van der Waals surface area contributed by atoms with Gasteiger partial charge in [0, 0.05) is 25.7 Å². The Kier molecular flexibility index (Phi) is 6.48. The third-order valence-corrected chi connectivity index (χ3v) is 5.05. The Morgan fingerprint density at radius 3 is 2.48 bits per heavy atom. The van der Waals surface area contributed by atoms with E-state index in [2.05, 4.69) is 30.9 Å². The van der Waals surface area contributed by atoms with Crippen LogP contribution in [0.1, 0.15) is 25.8 Å². The van der Waals surface area contributed by atoms with E-state index in [1.807, 2.05) is 42.5 Å². The first-order valence-electron chi connectivity index (χ1n) is 9.57. The number of para-hydroxylation sites is 2. The number of aryl methyl sites for hydroxylation is 1. The number of benzene rings is 2. The Morgan fingerprint density at radius 1 is 1.07 bits per heavy atom. The summed E-state index contributed by atoms with van der Waals surface area (Å²) in [5, 5.41) is 9.90. The van der Waals surface area contributed by atoms with Gasteiger partial charge in [0.2, 0.25) is 0 Å². The minimum atomic E-state index is -0.312. The highest BCUT2D eigenvalue weighted by Crippen LogP contribution is 2.17. The first kappa shape index (κ1) is 19.4. The molecule has 1 aromatic heterocycles. The maximum absolute atomic E-state index is 12.1. The van der Waals surface area contributed by atoms with Crippen molar-refractivity contribution >= 4 is 11.1 Å². The van der Waals surface area contributed by atoms with E-state index < -0.39 is 0 Å². The number of hydrogen-bond acceptors (Lipinski definition) is 4. The predicted octanol–water partition coefficient (Wildman–Crippen LogP) is 3.50. The van der Waals surface area contributed by atoms with E-state index in [0.717, 1.165) is 25.0 Å². The van der Waals surface area contributed by atoms with Gasteiger partial charge in [-0.25, -0.2) is 4.79 Å². The molecule has 27 heavy (non-hydrogen) atoms. The Bertz CT molecular complexity index is 899. The zero-order valence-corrected chi connectivity index (χ0v) is 16.0. The van der Waals surface area contributed by atoms with Crippen LogP contribution in [0.2, 0.25) is 0 Å². The van der Waals surface area contributed by atoms with Crippen LogP contribution in [-0.2, 0) is 13.1 Å². The van der Waals surface area contributed by atoms with Gasteiger partial charge in [0.05, 0.1) is 12.1 Å². The van der Waals surface area contributed by atoms with Crippen LogP contribution in [-0.4, -0.2) is 33.8 Å². The number of fused-ring (bicyclic) bond motifs is 1. The molecule has 0 fully saturated rings. The summed E-state index contributed by atoms with van der Waals surface area (Å²) < 4.78 is 7.01. The number of nitrogens with zero attached hydrogens (tertiary/aromatic N) is 2. The van der Waals surface area contributed by atoms with Crippen molar-refractivity contribution in [3.63, 3.8) is 0 Å². The van der Waals surface area contributed by atoms with Gasteiger partial charge in [0.1, 0.15) is 0 Å². The van der Waals surface area contributed by atoms with Crippen LogP contribution in [0.5, 0.6) is 0 Å². The molecule has 0 aliphatic rings. The highest BCUT2D eigenvalue weighted by atomic mass is 16.4. The van der Waals surface area contributed by atoms with Crippen molar-refractivity contribution in [2.75, 3.05) is 13.2 Å². The summed E-state index contributed by atoms with van der Waals surface area (Å²) >= 11 is 0. The van der Waals surface area contributed by atoms with E-state index in [1.165, 1.54) is 5.56 Å². The highest BCUT2D eigenvalue weighted by molar-refractivity contribution is 5.72. The third kappa shape index (κ3) is 4.67. The van der Waals surface area contributed by atoms with E-state index >= 15 is 0 Å². The molecule has 3 aromatic rings. The molecule has 1 unspecified atom stereocenters. The molecule has 5 heteroatoms. The van der Waals surface area contributed by atoms with Gasteiger partial charge in [-0.3, -0.25) is 9.47 Å². The van der Waals surface area contributed by atoms with E-state index in [0.29, 0.717) is 18.0 Å². The molecule has 1 atom stereocenters. The number of hydrogen-bond donors (Lipinski definition) is 1. The summed E-state index contributed by atoms with van der Waals surface area (Å²) in [6.07, 6.45) is 0.805. The lowest BCUT2D eigenvalue weighted by molar-refractivity contribution is 0.0825. The van der Waals surface area contributed by atoms with Gasteiger partial charge in [0.25, 0.3) is 0 Å². The fourth-order valence-corrected chi connectivity index (χ4v) is 3.59. The maximum Gasteiger partial charge on any atom is 0.419 e. The Hall–Kier alpha value is -2.37. The fourth-order valence-electron chi connectivity index (χ4n) is 3.59.